The summed E-state index contributed by atoms with van der Waals surface area (Å²) in [5.41, 5.74) is 1.91. The van der Waals surface area contributed by atoms with Crippen LogP contribution in [0.5, 0.6) is 17.5 Å². The van der Waals surface area contributed by atoms with Crippen LogP contribution in [0.25, 0.3) is 0 Å². The summed E-state index contributed by atoms with van der Waals surface area (Å²) in [6, 6.07) is 8.00. The Morgan fingerprint density at radius 3 is 2.70 bits per heavy atom. The van der Waals surface area contributed by atoms with Crippen molar-refractivity contribution in [2.45, 2.75) is 19.9 Å². The molecule has 0 fully saturated rings. The molecule has 1 aromatic carbocycles. The van der Waals surface area contributed by atoms with Crippen LogP contribution in [0.2, 0.25) is 5.02 Å². The predicted molar refractivity (Wildman–Crippen MR) is 120 cm³/mol. The van der Waals surface area contributed by atoms with Crippen molar-refractivity contribution in [1.29, 1.82) is 0 Å². The van der Waals surface area contributed by atoms with Crippen molar-refractivity contribution in [1.82, 2.24) is 24.3 Å². The Morgan fingerprint density at radius 1 is 1.15 bits per heavy atom. The zero-order valence-corrected chi connectivity index (χ0v) is 18.8. The van der Waals surface area contributed by atoms with Gasteiger partial charge in [0.1, 0.15) is 5.75 Å². The van der Waals surface area contributed by atoms with Gasteiger partial charge >= 0.3 is 5.69 Å². The number of ether oxygens (including phenoxy) is 2. The molecular weight excluding hydrogens is 449 g/mol. The summed E-state index contributed by atoms with van der Waals surface area (Å²) in [5.74, 6) is -0.0610. The average molecular weight is 470 g/mol. The van der Waals surface area contributed by atoms with Crippen LogP contribution >= 0.6 is 11.6 Å². The van der Waals surface area contributed by atoms with Crippen molar-refractivity contribution < 1.29 is 13.9 Å². The molecule has 170 valence electrons. The lowest BCUT2D eigenvalue weighted by Gasteiger charge is -2.09. The minimum atomic E-state index is -0.587. The van der Waals surface area contributed by atoms with Crippen molar-refractivity contribution in [3.63, 3.8) is 0 Å². The smallest absolute Gasteiger partial charge is 0.351 e. The molecule has 8 nitrogen and oxygen atoms in total. The van der Waals surface area contributed by atoms with Crippen LogP contribution in [-0.2, 0) is 20.0 Å². The van der Waals surface area contributed by atoms with Gasteiger partial charge in [0.2, 0.25) is 5.88 Å². The van der Waals surface area contributed by atoms with Gasteiger partial charge in [0.05, 0.1) is 19.3 Å². The van der Waals surface area contributed by atoms with Gasteiger partial charge in [-0.3, -0.25) is 9.25 Å². The van der Waals surface area contributed by atoms with E-state index in [0.717, 1.165) is 11.1 Å². The van der Waals surface area contributed by atoms with E-state index in [1.165, 1.54) is 16.8 Å². The molecule has 4 rings (SSSR count). The molecule has 4 aromatic rings. The van der Waals surface area contributed by atoms with E-state index in [0.29, 0.717) is 29.3 Å². The minimum Gasteiger partial charge on any atom is -0.477 e. The highest BCUT2D eigenvalue weighted by Crippen LogP contribution is 2.26. The molecule has 0 bridgehead atoms. The van der Waals surface area contributed by atoms with Crippen molar-refractivity contribution in [2.24, 2.45) is 7.05 Å². The second-order valence-corrected chi connectivity index (χ2v) is 7.85. The van der Waals surface area contributed by atoms with Crippen LogP contribution in [0.4, 0.5) is 4.39 Å². The normalized spacial score (nSPS) is 10.9. The van der Waals surface area contributed by atoms with Crippen LogP contribution in [0.15, 0.2) is 59.9 Å². The molecule has 0 radical (unpaired) electrons. The van der Waals surface area contributed by atoms with Gasteiger partial charge < -0.3 is 9.47 Å². The Hall–Kier alpha value is -3.72. The number of rotatable bonds is 8. The molecule has 33 heavy (non-hydrogen) atoms. The molecule has 3 heterocycles. The number of aryl methyl sites for hydroxylation is 2. The van der Waals surface area contributed by atoms with Crippen molar-refractivity contribution in [3.05, 3.63) is 93.1 Å². The minimum absolute atomic E-state index is 0.125. The number of aromatic nitrogens is 5. The number of hydrogen-bond acceptors (Lipinski definition) is 6. The fourth-order valence-electron chi connectivity index (χ4n) is 3.11. The Labute approximate surface area is 194 Å². The molecule has 0 amide bonds. The van der Waals surface area contributed by atoms with Gasteiger partial charge in [-0.2, -0.15) is 10.1 Å². The number of halogens is 2. The largest absolute Gasteiger partial charge is 0.477 e. The molecule has 0 saturated heterocycles. The summed E-state index contributed by atoms with van der Waals surface area (Å²) in [6.45, 7) is 2.41. The third kappa shape index (κ3) is 5.75. The fraction of sp³-hybridized carbons (Fsp3) is 0.217. The van der Waals surface area contributed by atoms with Gasteiger partial charge in [0.25, 0.3) is 5.88 Å². The summed E-state index contributed by atoms with van der Waals surface area (Å²) >= 11 is 6.00. The second-order valence-electron chi connectivity index (χ2n) is 7.44. The first-order valence-corrected chi connectivity index (χ1v) is 10.5. The van der Waals surface area contributed by atoms with Gasteiger partial charge in [0, 0.05) is 48.7 Å². The molecule has 0 N–H and O–H groups in total. The summed E-state index contributed by atoms with van der Waals surface area (Å²) in [5, 5.41) is 4.68. The van der Waals surface area contributed by atoms with Crippen molar-refractivity contribution >= 4 is 11.6 Å². The molecule has 0 aliphatic carbocycles. The maximum Gasteiger partial charge on any atom is 0.351 e. The number of nitrogens with zero attached hydrogens (tertiary/aromatic N) is 5. The molecule has 3 aromatic heterocycles. The number of benzene rings is 1. The first-order valence-electron chi connectivity index (χ1n) is 10.1. The summed E-state index contributed by atoms with van der Waals surface area (Å²) in [7, 11) is 1.81. The van der Waals surface area contributed by atoms with E-state index in [-0.39, 0.29) is 18.4 Å². The lowest BCUT2D eigenvalue weighted by molar-refractivity contribution is 0.306. The van der Waals surface area contributed by atoms with Gasteiger partial charge in [-0.25, -0.2) is 14.2 Å². The topological polar surface area (TPSA) is 84.1 Å². The van der Waals surface area contributed by atoms with Gasteiger partial charge in [0.15, 0.2) is 5.82 Å². The van der Waals surface area contributed by atoms with E-state index >= 15 is 0 Å². The van der Waals surface area contributed by atoms with Gasteiger partial charge in [-0.05, 0) is 42.3 Å². The quantitative estimate of drug-likeness (QED) is 0.388. The van der Waals surface area contributed by atoms with E-state index in [4.69, 9.17) is 21.1 Å². The highest BCUT2D eigenvalue weighted by atomic mass is 35.5. The Balaban J connectivity index is 1.32. The van der Waals surface area contributed by atoms with E-state index < -0.39 is 11.5 Å². The summed E-state index contributed by atoms with van der Waals surface area (Å²) in [4.78, 5) is 20.2. The van der Waals surface area contributed by atoms with Crippen LogP contribution in [-0.4, -0.2) is 30.9 Å². The second kappa shape index (κ2) is 9.83. The lowest BCUT2D eigenvalue weighted by Crippen LogP contribution is -2.23. The highest BCUT2D eigenvalue weighted by Gasteiger charge is 2.10. The summed E-state index contributed by atoms with van der Waals surface area (Å²) in [6.07, 6.45) is 7.03. The fourth-order valence-corrected chi connectivity index (χ4v) is 3.22. The van der Waals surface area contributed by atoms with Crippen molar-refractivity contribution in [2.75, 3.05) is 6.61 Å². The molecule has 0 atom stereocenters. The molecule has 0 aliphatic rings. The summed E-state index contributed by atoms with van der Waals surface area (Å²) < 4.78 is 28.6. The zero-order chi connectivity index (χ0) is 23.4. The molecular formula is C23H21ClFN5O3. The third-order valence-corrected chi connectivity index (χ3v) is 5.23. The van der Waals surface area contributed by atoms with E-state index in [1.54, 1.807) is 41.3 Å². The Bertz CT molecular complexity index is 1340. The van der Waals surface area contributed by atoms with Crippen LogP contribution < -0.4 is 15.2 Å². The highest BCUT2D eigenvalue weighted by molar-refractivity contribution is 6.31. The Kier molecular flexibility index (Phi) is 6.69. The maximum atomic E-state index is 14.4. The molecule has 0 saturated carbocycles. The SMILES string of the molecule is Cc1cc(Oc2ncc(CCOc3ccn(Cc4cnn(C)c4)c(=O)n3)cc2F)ccc1Cl. The third-order valence-electron chi connectivity index (χ3n) is 4.81. The number of hydrogen-bond donors (Lipinski definition) is 0. The van der Waals surface area contributed by atoms with Crippen LogP contribution in [0.3, 0.4) is 0 Å². The van der Waals surface area contributed by atoms with Gasteiger partial charge in [-0.1, -0.05) is 11.6 Å². The maximum absolute atomic E-state index is 14.4. The van der Waals surface area contributed by atoms with Crippen molar-refractivity contribution in [3.8, 4) is 17.5 Å². The number of pyridine rings is 1. The van der Waals surface area contributed by atoms with Crippen LogP contribution in [0, 0.1) is 12.7 Å². The molecule has 0 aliphatic heterocycles. The van der Waals surface area contributed by atoms with Crippen LogP contribution in [0.1, 0.15) is 16.7 Å². The standard InChI is InChI=1S/C23H21ClFN5O3/c1-15-9-18(3-4-19(15)24)33-22-20(25)10-16(11-26-22)6-8-32-21-5-7-30(23(31)28-21)14-17-12-27-29(2)13-17/h3-5,7,9-13H,6,8,14H2,1-2H3. The first-order chi connectivity index (χ1) is 15.9. The van der Waals surface area contributed by atoms with E-state index in [9.17, 15) is 9.18 Å². The Morgan fingerprint density at radius 2 is 2.00 bits per heavy atom. The zero-order valence-electron chi connectivity index (χ0n) is 18.0. The lowest BCUT2D eigenvalue weighted by atomic mass is 10.2. The molecule has 10 heteroatoms. The van der Waals surface area contributed by atoms with E-state index in [1.807, 2.05) is 20.2 Å². The van der Waals surface area contributed by atoms with E-state index in [2.05, 4.69) is 15.1 Å². The monoisotopic (exact) mass is 469 g/mol. The average Bonchev–Trinajstić information content (AvgIpc) is 3.19. The molecule has 0 spiro atoms. The first kappa shape index (κ1) is 22.5. The molecule has 0 unspecified atom stereocenters. The predicted octanol–water partition coefficient (Wildman–Crippen LogP) is 3.93. The van der Waals surface area contributed by atoms with Gasteiger partial charge in [-0.15, -0.1) is 0 Å².